The summed E-state index contributed by atoms with van der Waals surface area (Å²) < 4.78 is 0. The summed E-state index contributed by atoms with van der Waals surface area (Å²) >= 11 is 0. The molecule has 1 aromatic rings. The molecule has 2 rings (SSSR count). The zero-order valence-electron chi connectivity index (χ0n) is 14.4. The van der Waals surface area contributed by atoms with Gasteiger partial charge in [0.1, 0.15) is 0 Å². The van der Waals surface area contributed by atoms with Crippen LogP contribution in [0.2, 0.25) is 0 Å². The van der Waals surface area contributed by atoms with Gasteiger partial charge in [0.2, 0.25) is 5.91 Å². The maximum absolute atomic E-state index is 12.6. The minimum atomic E-state index is 0. The fourth-order valence-corrected chi connectivity index (χ4v) is 3.26. The van der Waals surface area contributed by atoms with Gasteiger partial charge in [0.25, 0.3) is 0 Å². The Kier molecular flexibility index (Phi) is 8.03. The van der Waals surface area contributed by atoms with Gasteiger partial charge in [-0.15, -0.1) is 12.4 Å². The van der Waals surface area contributed by atoms with E-state index in [0.717, 1.165) is 19.4 Å². The number of hydrogen-bond acceptors (Lipinski definition) is 3. The second-order valence-corrected chi connectivity index (χ2v) is 6.48. The summed E-state index contributed by atoms with van der Waals surface area (Å²) in [6.45, 7) is 5.57. The van der Waals surface area contributed by atoms with Crippen molar-refractivity contribution in [1.29, 1.82) is 0 Å². The minimum absolute atomic E-state index is 0. The number of piperidine rings is 1. The van der Waals surface area contributed by atoms with Crippen LogP contribution in [-0.2, 0) is 4.79 Å². The third kappa shape index (κ3) is 5.20. The van der Waals surface area contributed by atoms with E-state index in [2.05, 4.69) is 24.0 Å². The molecule has 0 saturated carbocycles. The Morgan fingerprint density at radius 1 is 1.30 bits per heavy atom. The number of rotatable bonds is 5. The Balaban J connectivity index is 0.00000264. The molecule has 1 aromatic carbocycles. The summed E-state index contributed by atoms with van der Waals surface area (Å²) in [6, 6.07) is 10.7. The highest BCUT2D eigenvalue weighted by Crippen LogP contribution is 2.21. The van der Waals surface area contributed by atoms with Crippen LogP contribution in [0.15, 0.2) is 30.3 Å². The second-order valence-electron chi connectivity index (χ2n) is 6.48. The first-order valence-electron chi connectivity index (χ1n) is 8.31. The highest BCUT2D eigenvalue weighted by Gasteiger charge is 2.28. The molecule has 0 spiro atoms. The molecule has 0 bridgehead atoms. The van der Waals surface area contributed by atoms with Gasteiger partial charge in [-0.25, -0.2) is 0 Å². The number of carbonyl (C=O) groups excluding carboxylic acids is 1. The monoisotopic (exact) mass is 339 g/mol. The fourth-order valence-electron chi connectivity index (χ4n) is 3.26. The lowest BCUT2D eigenvalue weighted by Crippen LogP contribution is -2.52. The van der Waals surface area contributed by atoms with E-state index in [4.69, 9.17) is 5.73 Å². The number of nitrogens with two attached hydrogens (primary N) is 1. The minimum Gasteiger partial charge on any atom is -0.338 e. The molecule has 5 heteroatoms. The van der Waals surface area contributed by atoms with E-state index in [1.54, 1.807) is 0 Å². The predicted octanol–water partition coefficient (Wildman–Crippen LogP) is 2.83. The van der Waals surface area contributed by atoms with E-state index in [-0.39, 0.29) is 30.4 Å². The van der Waals surface area contributed by atoms with Crippen molar-refractivity contribution < 1.29 is 4.79 Å². The standard InChI is InChI=1S/C18H29N3O.ClH/c1-14(19)17-11-7-8-12-21(17)13-18(22)20(3)15(2)16-9-5-4-6-10-16;/h4-6,9-10,14-15,17H,7-8,11-13,19H2,1-3H3;1H. The average molecular weight is 340 g/mol. The molecule has 130 valence electrons. The smallest absolute Gasteiger partial charge is 0.237 e. The lowest BCUT2D eigenvalue weighted by Gasteiger charge is -2.38. The van der Waals surface area contributed by atoms with Crippen molar-refractivity contribution in [2.45, 2.75) is 51.2 Å². The topological polar surface area (TPSA) is 49.6 Å². The van der Waals surface area contributed by atoms with Crippen molar-refractivity contribution in [1.82, 2.24) is 9.80 Å². The van der Waals surface area contributed by atoms with Crippen LogP contribution in [-0.4, -0.2) is 47.9 Å². The molecule has 4 nitrogen and oxygen atoms in total. The molecule has 0 aliphatic carbocycles. The molecule has 3 atom stereocenters. The van der Waals surface area contributed by atoms with E-state index < -0.39 is 0 Å². The Morgan fingerprint density at radius 2 is 1.96 bits per heavy atom. The molecular formula is C18H30ClN3O. The molecule has 1 saturated heterocycles. The molecule has 2 N–H and O–H groups in total. The van der Waals surface area contributed by atoms with E-state index >= 15 is 0 Å². The van der Waals surface area contributed by atoms with Crippen molar-refractivity contribution >= 4 is 18.3 Å². The van der Waals surface area contributed by atoms with E-state index in [1.165, 1.54) is 12.0 Å². The molecular weight excluding hydrogens is 310 g/mol. The van der Waals surface area contributed by atoms with Crippen molar-refractivity contribution in [3.63, 3.8) is 0 Å². The van der Waals surface area contributed by atoms with Crippen LogP contribution in [0.4, 0.5) is 0 Å². The van der Waals surface area contributed by atoms with Gasteiger partial charge in [-0.05, 0) is 38.8 Å². The summed E-state index contributed by atoms with van der Waals surface area (Å²) in [6.07, 6.45) is 3.48. The first-order valence-corrected chi connectivity index (χ1v) is 8.31. The number of likely N-dealkylation sites (N-methyl/N-ethyl adjacent to an activating group) is 1. The molecule has 1 amide bonds. The summed E-state index contributed by atoms with van der Waals surface area (Å²) in [7, 11) is 1.89. The summed E-state index contributed by atoms with van der Waals surface area (Å²) in [5.74, 6) is 0.170. The molecule has 3 unspecified atom stereocenters. The predicted molar refractivity (Wildman–Crippen MR) is 97.7 cm³/mol. The second kappa shape index (κ2) is 9.26. The third-order valence-electron chi connectivity index (χ3n) is 4.87. The third-order valence-corrected chi connectivity index (χ3v) is 4.87. The van der Waals surface area contributed by atoms with Gasteiger partial charge in [0.15, 0.2) is 0 Å². The maximum atomic E-state index is 12.6. The number of halogens is 1. The fraction of sp³-hybridized carbons (Fsp3) is 0.611. The first-order chi connectivity index (χ1) is 10.5. The molecule has 0 radical (unpaired) electrons. The zero-order chi connectivity index (χ0) is 16.1. The Morgan fingerprint density at radius 3 is 2.57 bits per heavy atom. The van der Waals surface area contributed by atoms with E-state index in [0.29, 0.717) is 12.6 Å². The molecule has 0 aromatic heterocycles. The van der Waals surface area contributed by atoms with Crippen molar-refractivity contribution in [3.8, 4) is 0 Å². The first kappa shape index (κ1) is 19.9. The van der Waals surface area contributed by atoms with E-state index in [9.17, 15) is 4.79 Å². The Labute approximate surface area is 146 Å². The van der Waals surface area contributed by atoms with Crippen molar-refractivity contribution in [3.05, 3.63) is 35.9 Å². The summed E-state index contributed by atoms with van der Waals surface area (Å²) in [4.78, 5) is 16.8. The molecule has 1 aliphatic rings. The molecule has 23 heavy (non-hydrogen) atoms. The number of amides is 1. The lowest BCUT2D eigenvalue weighted by atomic mass is 9.97. The Hall–Kier alpha value is -1.10. The molecule has 1 fully saturated rings. The van der Waals surface area contributed by atoms with Crippen molar-refractivity contribution in [2.24, 2.45) is 5.73 Å². The lowest BCUT2D eigenvalue weighted by molar-refractivity contribution is -0.134. The van der Waals surface area contributed by atoms with Gasteiger partial charge in [-0.1, -0.05) is 36.8 Å². The summed E-state index contributed by atoms with van der Waals surface area (Å²) in [5, 5.41) is 0. The SMILES string of the molecule is CC(N)C1CCCCN1CC(=O)N(C)C(C)c1ccccc1.Cl. The maximum Gasteiger partial charge on any atom is 0.237 e. The largest absolute Gasteiger partial charge is 0.338 e. The zero-order valence-corrected chi connectivity index (χ0v) is 15.3. The van der Waals surface area contributed by atoms with Gasteiger partial charge in [-0.3, -0.25) is 9.69 Å². The van der Waals surface area contributed by atoms with Gasteiger partial charge in [-0.2, -0.15) is 0 Å². The van der Waals surface area contributed by atoms with Gasteiger partial charge in [0, 0.05) is 19.1 Å². The number of hydrogen-bond donors (Lipinski definition) is 1. The quantitative estimate of drug-likeness (QED) is 0.897. The van der Waals surface area contributed by atoms with Gasteiger partial charge >= 0.3 is 0 Å². The van der Waals surface area contributed by atoms with Crippen molar-refractivity contribution in [2.75, 3.05) is 20.1 Å². The van der Waals surface area contributed by atoms with Gasteiger partial charge < -0.3 is 10.6 Å². The van der Waals surface area contributed by atoms with Crippen LogP contribution in [0.1, 0.15) is 44.7 Å². The summed E-state index contributed by atoms with van der Waals surface area (Å²) in [5.41, 5.74) is 7.26. The van der Waals surface area contributed by atoms with E-state index in [1.807, 2.05) is 37.1 Å². The van der Waals surface area contributed by atoms with Crippen LogP contribution in [0, 0.1) is 0 Å². The molecule has 1 aliphatic heterocycles. The number of nitrogens with zero attached hydrogens (tertiary/aromatic N) is 2. The van der Waals surface area contributed by atoms with Crippen LogP contribution in [0.5, 0.6) is 0 Å². The Bertz CT molecular complexity index is 480. The van der Waals surface area contributed by atoms with Crippen LogP contribution in [0.25, 0.3) is 0 Å². The normalized spacial score (nSPS) is 21.1. The average Bonchev–Trinajstić information content (AvgIpc) is 2.54. The highest BCUT2D eigenvalue weighted by molar-refractivity contribution is 5.85. The van der Waals surface area contributed by atoms with Crippen LogP contribution < -0.4 is 5.73 Å². The van der Waals surface area contributed by atoms with Gasteiger partial charge in [0.05, 0.1) is 12.6 Å². The number of carbonyl (C=O) groups is 1. The number of benzene rings is 1. The number of likely N-dealkylation sites (tertiary alicyclic amines) is 1. The van der Waals surface area contributed by atoms with Crippen LogP contribution >= 0.6 is 12.4 Å². The molecule has 1 heterocycles. The van der Waals surface area contributed by atoms with Crippen LogP contribution in [0.3, 0.4) is 0 Å². The highest BCUT2D eigenvalue weighted by atomic mass is 35.5.